The number of halogens is 1. The molecule has 1 atom stereocenters. The Kier molecular flexibility index (Phi) is 3.71. The van der Waals surface area contributed by atoms with Crippen molar-refractivity contribution in [2.45, 2.75) is 12.5 Å². The Labute approximate surface area is 99.0 Å². The molecule has 1 aliphatic rings. The van der Waals surface area contributed by atoms with E-state index in [-0.39, 0.29) is 24.4 Å². The van der Waals surface area contributed by atoms with Gasteiger partial charge in [-0.15, -0.1) is 0 Å². The Bertz CT molecular complexity index is 392. The van der Waals surface area contributed by atoms with Crippen molar-refractivity contribution >= 4 is 11.6 Å². The first-order valence-corrected chi connectivity index (χ1v) is 5.63. The van der Waals surface area contributed by atoms with Crippen LogP contribution in [0.5, 0.6) is 0 Å². The summed E-state index contributed by atoms with van der Waals surface area (Å²) in [6.45, 7) is 1.21. The SMILES string of the molecule is O=C1C(CCO)NCCN1c1ccc(F)cc1. The summed E-state index contributed by atoms with van der Waals surface area (Å²) in [7, 11) is 0. The Morgan fingerprint density at radius 1 is 1.41 bits per heavy atom. The molecular weight excluding hydrogens is 223 g/mol. The average Bonchev–Trinajstić information content (AvgIpc) is 2.34. The lowest BCUT2D eigenvalue weighted by atomic mass is 10.1. The largest absolute Gasteiger partial charge is 0.396 e. The minimum atomic E-state index is -0.348. The van der Waals surface area contributed by atoms with Crippen LogP contribution < -0.4 is 10.2 Å². The van der Waals surface area contributed by atoms with Gasteiger partial charge in [0.15, 0.2) is 0 Å². The van der Waals surface area contributed by atoms with E-state index in [9.17, 15) is 9.18 Å². The van der Waals surface area contributed by atoms with Gasteiger partial charge < -0.3 is 15.3 Å². The topological polar surface area (TPSA) is 52.6 Å². The lowest BCUT2D eigenvalue weighted by Crippen LogP contribution is -2.55. The van der Waals surface area contributed by atoms with Crippen molar-refractivity contribution in [1.82, 2.24) is 5.32 Å². The van der Waals surface area contributed by atoms with E-state index in [4.69, 9.17) is 5.11 Å². The molecule has 1 fully saturated rings. The number of aliphatic hydroxyl groups excluding tert-OH is 1. The number of nitrogens with one attached hydrogen (secondary N) is 1. The number of hydrogen-bond acceptors (Lipinski definition) is 3. The number of nitrogens with zero attached hydrogens (tertiary/aromatic N) is 1. The number of benzene rings is 1. The van der Waals surface area contributed by atoms with Crippen molar-refractivity contribution in [3.8, 4) is 0 Å². The summed E-state index contributed by atoms with van der Waals surface area (Å²) in [5.74, 6) is -0.389. The molecule has 0 radical (unpaired) electrons. The molecular formula is C12H15FN2O2. The Hall–Kier alpha value is -1.46. The fourth-order valence-electron chi connectivity index (χ4n) is 1.97. The molecule has 4 nitrogen and oxygen atoms in total. The summed E-state index contributed by atoms with van der Waals surface area (Å²) in [4.78, 5) is 13.7. The van der Waals surface area contributed by atoms with Crippen molar-refractivity contribution < 1.29 is 14.3 Å². The smallest absolute Gasteiger partial charge is 0.244 e. The minimum absolute atomic E-state index is 0.0271. The molecule has 1 aliphatic heterocycles. The summed E-state index contributed by atoms with van der Waals surface area (Å²) in [6, 6.07) is 5.51. The van der Waals surface area contributed by atoms with Crippen LogP contribution in [-0.4, -0.2) is 36.8 Å². The second kappa shape index (κ2) is 5.25. The molecule has 5 heteroatoms. The van der Waals surface area contributed by atoms with Crippen molar-refractivity contribution in [3.05, 3.63) is 30.1 Å². The van der Waals surface area contributed by atoms with E-state index in [1.54, 1.807) is 17.0 Å². The second-order valence-corrected chi connectivity index (χ2v) is 3.99. The number of rotatable bonds is 3. The molecule has 1 heterocycles. The van der Waals surface area contributed by atoms with Gasteiger partial charge in [0.05, 0.1) is 6.04 Å². The van der Waals surface area contributed by atoms with Crippen LogP contribution in [0.4, 0.5) is 10.1 Å². The molecule has 1 aromatic rings. The summed E-state index contributed by atoms with van der Waals surface area (Å²) < 4.78 is 12.8. The number of carbonyl (C=O) groups is 1. The fraction of sp³-hybridized carbons (Fsp3) is 0.417. The van der Waals surface area contributed by atoms with Crippen molar-refractivity contribution in [2.24, 2.45) is 0 Å². The summed E-state index contributed by atoms with van der Waals surface area (Å²) in [6.07, 6.45) is 0.399. The van der Waals surface area contributed by atoms with Gasteiger partial charge in [0, 0.05) is 25.4 Å². The fourth-order valence-corrected chi connectivity index (χ4v) is 1.97. The molecule has 1 amide bonds. The number of amides is 1. The van der Waals surface area contributed by atoms with Crippen LogP contribution in [-0.2, 0) is 4.79 Å². The monoisotopic (exact) mass is 238 g/mol. The Balaban J connectivity index is 2.14. The van der Waals surface area contributed by atoms with Gasteiger partial charge in [0.25, 0.3) is 0 Å². The van der Waals surface area contributed by atoms with Crippen LogP contribution in [0.15, 0.2) is 24.3 Å². The first-order chi connectivity index (χ1) is 8.22. The predicted octanol–water partition coefficient (Wildman–Crippen LogP) is 0.513. The predicted molar refractivity (Wildman–Crippen MR) is 62.2 cm³/mol. The highest BCUT2D eigenvalue weighted by molar-refractivity contribution is 5.97. The first kappa shape index (κ1) is 12.0. The van der Waals surface area contributed by atoms with Crippen LogP contribution in [0.1, 0.15) is 6.42 Å². The molecule has 0 spiro atoms. The number of anilines is 1. The molecule has 0 aromatic heterocycles. The third-order valence-corrected chi connectivity index (χ3v) is 2.85. The van der Waals surface area contributed by atoms with Crippen molar-refractivity contribution in [3.63, 3.8) is 0 Å². The normalized spacial score (nSPS) is 20.7. The molecule has 1 unspecified atom stereocenters. The van der Waals surface area contributed by atoms with Gasteiger partial charge in [-0.1, -0.05) is 0 Å². The maximum Gasteiger partial charge on any atom is 0.244 e. The highest BCUT2D eigenvalue weighted by Crippen LogP contribution is 2.18. The molecule has 17 heavy (non-hydrogen) atoms. The third-order valence-electron chi connectivity index (χ3n) is 2.85. The van der Waals surface area contributed by atoms with Gasteiger partial charge in [-0.05, 0) is 30.7 Å². The van der Waals surface area contributed by atoms with Gasteiger partial charge in [-0.3, -0.25) is 4.79 Å². The molecule has 2 rings (SSSR count). The molecule has 1 aromatic carbocycles. The highest BCUT2D eigenvalue weighted by Gasteiger charge is 2.28. The van der Waals surface area contributed by atoms with Gasteiger partial charge in [0.2, 0.25) is 5.91 Å². The molecule has 0 bridgehead atoms. The molecule has 2 N–H and O–H groups in total. The van der Waals surface area contributed by atoms with E-state index < -0.39 is 0 Å². The van der Waals surface area contributed by atoms with Crippen LogP contribution in [0, 0.1) is 5.82 Å². The van der Waals surface area contributed by atoms with E-state index >= 15 is 0 Å². The van der Waals surface area contributed by atoms with Gasteiger partial charge in [0.1, 0.15) is 5.82 Å². The molecule has 92 valence electrons. The second-order valence-electron chi connectivity index (χ2n) is 3.99. The Morgan fingerprint density at radius 2 is 2.12 bits per heavy atom. The standard InChI is InChI=1S/C12H15FN2O2/c13-9-1-3-10(4-2-9)15-7-6-14-11(5-8-16)12(15)17/h1-4,11,14,16H,5-8H2. The minimum Gasteiger partial charge on any atom is -0.396 e. The zero-order chi connectivity index (χ0) is 12.3. The zero-order valence-corrected chi connectivity index (χ0v) is 9.40. The van der Waals surface area contributed by atoms with Crippen LogP contribution >= 0.6 is 0 Å². The van der Waals surface area contributed by atoms with E-state index in [1.807, 2.05) is 0 Å². The number of hydrogen-bond donors (Lipinski definition) is 2. The van der Waals surface area contributed by atoms with Gasteiger partial charge >= 0.3 is 0 Å². The quantitative estimate of drug-likeness (QED) is 0.807. The maximum atomic E-state index is 12.8. The number of carbonyl (C=O) groups excluding carboxylic acids is 1. The number of aliphatic hydroxyl groups is 1. The summed E-state index contributed by atoms with van der Waals surface area (Å²) in [5.41, 5.74) is 0.695. The highest BCUT2D eigenvalue weighted by atomic mass is 19.1. The first-order valence-electron chi connectivity index (χ1n) is 5.63. The average molecular weight is 238 g/mol. The lowest BCUT2D eigenvalue weighted by molar-refractivity contribution is -0.122. The molecule has 1 saturated heterocycles. The lowest BCUT2D eigenvalue weighted by Gasteiger charge is -2.33. The van der Waals surface area contributed by atoms with Crippen LogP contribution in [0.25, 0.3) is 0 Å². The third kappa shape index (κ3) is 2.62. The van der Waals surface area contributed by atoms with Crippen molar-refractivity contribution in [2.75, 3.05) is 24.6 Å². The summed E-state index contributed by atoms with van der Waals surface area (Å²) >= 11 is 0. The number of piperazine rings is 1. The van der Waals surface area contributed by atoms with E-state index in [2.05, 4.69) is 5.32 Å². The Morgan fingerprint density at radius 3 is 2.76 bits per heavy atom. The van der Waals surface area contributed by atoms with E-state index in [1.165, 1.54) is 12.1 Å². The maximum absolute atomic E-state index is 12.8. The van der Waals surface area contributed by atoms with Gasteiger partial charge in [-0.25, -0.2) is 4.39 Å². The van der Waals surface area contributed by atoms with Crippen LogP contribution in [0.2, 0.25) is 0 Å². The van der Waals surface area contributed by atoms with E-state index in [0.29, 0.717) is 25.2 Å². The molecule has 0 aliphatic carbocycles. The van der Waals surface area contributed by atoms with Crippen LogP contribution in [0.3, 0.4) is 0 Å². The van der Waals surface area contributed by atoms with E-state index in [0.717, 1.165) is 0 Å². The molecule has 0 saturated carbocycles. The van der Waals surface area contributed by atoms with Gasteiger partial charge in [-0.2, -0.15) is 0 Å². The zero-order valence-electron chi connectivity index (χ0n) is 9.40. The van der Waals surface area contributed by atoms with Crippen molar-refractivity contribution in [1.29, 1.82) is 0 Å². The summed E-state index contributed by atoms with van der Waals surface area (Å²) in [5, 5.41) is 11.9.